The van der Waals surface area contributed by atoms with E-state index in [1.165, 1.54) is 16.7 Å². The minimum absolute atomic E-state index is 0.283. The van der Waals surface area contributed by atoms with Crippen LogP contribution < -0.4 is 11.1 Å². The average Bonchev–Trinajstić information content (AvgIpc) is 3.38. The van der Waals surface area contributed by atoms with Gasteiger partial charge in [0.25, 0.3) is 0 Å². The van der Waals surface area contributed by atoms with E-state index in [1.54, 1.807) is 0 Å². The first kappa shape index (κ1) is 22.2. The van der Waals surface area contributed by atoms with Gasteiger partial charge in [0.05, 0.1) is 6.04 Å². The molecule has 162 valence electrons. The number of carboxylic acids is 1. The lowest BCUT2D eigenvalue weighted by molar-refractivity contribution is -0.144. The molecule has 0 radical (unpaired) electrons. The third-order valence-corrected chi connectivity index (χ3v) is 6.14. The maximum Gasteiger partial charge on any atom is 0.326 e. The Hall–Kier alpha value is -2.52. The highest BCUT2D eigenvalue weighted by Gasteiger charge is 2.37. The third kappa shape index (κ3) is 4.96. The number of aliphatic carboxylic acids is 1. The average molecular weight is 433 g/mol. The van der Waals surface area contributed by atoms with Gasteiger partial charge in [-0.1, -0.05) is 18.2 Å². The summed E-state index contributed by atoms with van der Waals surface area (Å²) in [7, 11) is 0. The number of para-hydroxylation sites is 1. The number of aromatic amines is 1. The predicted molar refractivity (Wildman–Crippen MR) is 117 cm³/mol. The van der Waals surface area contributed by atoms with E-state index in [-0.39, 0.29) is 5.91 Å². The number of carboxylic acid groups (broad SMARTS) is 1. The topological polar surface area (TPSA) is 129 Å². The molecule has 0 spiro atoms. The molecule has 2 heterocycles. The predicted octanol–water partition coefficient (Wildman–Crippen LogP) is 1.35. The minimum Gasteiger partial charge on any atom is -0.480 e. The van der Waals surface area contributed by atoms with E-state index in [2.05, 4.69) is 10.3 Å². The van der Waals surface area contributed by atoms with Crippen molar-refractivity contribution in [2.45, 2.75) is 43.8 Å². The number of amides is 2. The first-order valence-electron chi connectivity index (χ1n) is 10.1. The largest absolute Gasteiger partial charge is 0.480 e. The Morgan fingerprint density at radius 1 is 1.37 bits per heavy atom. The highest BCUT2D eigenvalue weighted by Crippen LogP contribution is 2.22. The number of nitrogens with one attached hydrogen (secondary N) is 2. The number of carbonyl (C=O) groups is 3. The first-order valence-corrected chi connectivity index (χ1v) is 11.4. The van der Waals surface area contributed by atoms with Gasteiger partial charge in [-0.05, 0) is 49.3 Å². The SMILES string of the molecule is CSCCC(NC(=O)C1CCCN1C(=O)C(N)Cc1c[nH]c2ccccc12)C(=O)O. The summed E-state index contributed by atoms with van der Waals surface area (Å²) in [6, 6.07) is 5.40. The summed E-state index contributed by atoms with van der Waals surface area (Å²) in [5, 5.41) is 13.0. The zero-order chi connectivity index (χ0) is 21.7. The summed E-state index contributed by atoms with van der Waals surface area (Å²) < 4.78 is 0. The highest BCUT2D eigenvalue weighted by atomic mass is 32.2. The van der Waals surface area contributed by atoms with Gasteiger partial charge >= 0.3 is 5.97 Å². The molecule has 1 saturated heterocycles. The Bertz CT molecular complexity index is 915. The summed E-state index contributed by atoms with van der Waals surface area (Å²) >= 11 is 1.52. The lowest BCUT2D eigenvalue weighted by atomic mass is 10.0. The van der Waals surface area contributed by atoms with Crippen molar-refractivity contribution in [3.8, 4) is 0 Å². The van der Waals surface area contributed by atoms with Crippen LogP contribution in [0.1, 0.15) is 24.8 Å². The maximum absolute atomic E-state index is 13.0. The Labute approximate surface area is 179 Å². The molecule has 3 atom stereocenters. The number of carbonyl (C=O) groups excluding carboxylic acids is 2. The number of fused-ring (bicyclic) bond motifs is 1. The molecule has 1 aliphatic heterocycles. The van der Waals surface area contributed by atoms with Crippen molar-refractivity contribution in [1.82, 2.24) is 15.2 Å². The van der Waals surface area contributed by atoms with Crippen LogP contribution in [0.15, 0.2) is 30.5 Å². The van der Waals surface area contributed by atoms with Gasteiger partial charge in [0, 0.05) is 23.6 Å². The van der Waals surface area contributed by atoms with E-state index in [9.17, 15) is 19.5 Å². The molecule has 8 nitrogen and oxygen atoms in total. The minimum atomic E-state index is -1.07. The van der Waals surface area contributed by atoms with Gasteiger partial charge in [-0.3, -0.25) is 9.59 Å². The van der Waals surface area contributed by atoms with Crippen molar-refractivity contribution in [3.05, 3.63) is 36.0 Å². The number of benzene rings is 1. The van der Waals surface area contributed by atoms with Gasteiger partial charge in [0.15, 0.2) is 0 Å². The molecule has 3 rings (SSSR count). The van der Waals surface area contributed by atoms with Gasteiger partial charge in [-0.25, -0.2) is 4.79 Å². The van der Waals surface area contributed by atoms with Gasteiger partial charge in [-0.2, -0.15) is 11.8 Å². The molecule has 1 aromatic carbocycles. The molecule has 0 bridgehead atoms. The molecule has 1 aliphatic rings. The number of thioether (sulfide) groups is 1. The molecule has 1 fully saturated rings. The van der Waals surface area contributed by atoms with E-state index in [4.69, 9.17) is 5.73 Å². The molecule has 2 aromatic rings. The number of aromatic nitrogens is 1. The maximum atomic E-state index is 13.0. The highest BCUT2D eigenvalue weighted by molar-refractivity contribution is 7.98. The van der Waals surface area contributed by atoms with Crippen LogP contribution in [0.4, 0.5) is 0 Å². The lowest BCUT2D eigenvalue weighted by Crippen LogP contribution is -2.54. The number of nitrogens with zero attached hydrogens (tertiary/aromatic N) is 1. The van der Waals surface area contributed by atoms with Crippen LogP contribution >= 0.6 is 11.8 Å². The fraction of sp³-hybridized carbons (Fsp3) is 0.476. The van der Waals surface area contributed by atoms with Crippen molar-refractivity contribution >= 4 is 40.4 Å². The second-order valence-electron chi connectivity index (χ2n) is 7.54. The summed E-state index contributed by atoms with van der Waals surface area (Å²) in [6.07, 6.45) is 5.63. The Kier molecular flexibility index (Phi) is 7.38. The molecule has 9 heteroatoms. The second-order valence-corrected chi connectivity index (χ2v) is 8.53. The van der Waals surface area contributed by atoms with Crippen molar-refractivity contribution < 1.29 is 19.5 Å². The number of likely N-dealkylation sites (tertiary alicyclic amines) is 1. The molecule has 5 N–H and O–H groups in total. The van der Waals surface area contributed by atoms with Crippen LogP contribution in [0, 0.1) is 0 Å². The Morgan fingerprint density at radius 3 is 2.87 bits per heavy atom. The number of hydrogen-bond donors (Lipinski definition) is 4. The van der Waals surface area contributed by atoms with Crippen LogP contribution in [0.25, 0.3) is 10.9 Å². The first-order chi connectivity index (χ1) is 14.4. The quantitative estimate of drug-likeness (QED) is 0.473. The van der Waals surface area contributed by atoms with Crippen molar-refractivity contribution in [2.24, 2.45) is 5.73 Å². The third-order valence-electron chi connectivity index (χ3n) is 5.50. The van der Waals surface area contributed by atoms with Crippen LogP contribution in [0.3, 0.4) is 0 Å². The standard InChI is InChI=1S/C21H28N4O4S/c1-30-10-8-17(21(28)29)24-19(26)18-7-4-9-25(18)20(27)15(22)11-13-12-23-16-6-3-2-5-14(13)16/h2-3,5-6,12,15,17-18,23H,4,7-11,22H2,1H3,(H,24,26)(H,28,29). The van der Waals surface area contributed by atoms with E-state index in [1.807, 2.05) is 36.7 Å². The lowest BCUT2D eigenvalue weighted by Gasteiger charge is -2.27. The normalized spacial score (nSPS) is 18.3. The molecule has 3 unspecified atom stereocenters. The number of nitrogens with two attached hydrogens (primary N) is 1. The molecular weight excluding hydrogens is 404 g/mol. The fourth-order valence-electron chi connectivity index (χ4n) is 3.90. The summed E-state index contributed by atoms with van der Waals surface area (Å²) in [5.41, 5.74) is 8.16. The van der Waals surface area contributed by atoms with Gasteiger partial charge in [0.1, 0.15) is 12.1 Å². The Balaban J connectivity index is 1.65. The van der Waals surface area contributed by atoms with Gasteiger partial charge in [-0.15, -0.1) is 0 Å². The van der Waals surface area contributed by atoms with Crippen molar-refractivity contribution in [1.29, 1.82) is 0 Å². The smallest absolute Gasteiger partial charge is 0.326 e. The zero-order valence-electron chi connectivity index (χ0n) is 17.0. The zero-order valence-corrected chi connectivity index (χ0v) is 17.8. The second kappa shape index (κ2) is 9.99. The number of H-pyrrole nitrogens is 1. The summed E-state index contributed by atoms with van der Waals surface area (Å²) in [4.78, 5) is 41.9. The number of rotatable bonds is 9. The molecule has 30 heavy (non-hydrogen) atoms. The monoisotopic (exact) mass is 432 g/mol. The molecule has 2 amide bonds. The van der Waals surface area contributed by atoms with E-state index in [0.29, 0.717) is 38.0 Å². The fourth-order valence-corrected chi connectivity index (χ4v) is 4.37. The van der Waals surface area contributed by atoms with Crippen LogP contribution in [0.5, 0.6) is 0 Å². The van der Waals surface area contributed by atoms with E-state index >= 15 is 0 Å². The summed E-state index contributed by atoms with van der Waals surface area (Å²) in [5.74, 6) is -1.15. The number of hydrogen-bond acceptors (Lipinski definition) is 5. The van der Waals surface area contributed by atoms with Crippen molar-refractivity contribution in [3.63, 3.8) is 0 Å². The molecule has 1 aromatic heterocycles. The van der Waals surface area contributed by atoms with Crippen molar-refractivity contribution in [2.75, 3.05) is 18.6 Å². The van der Waals surface area contributed by atoms with Crippen LogP contribution in [0.2, 0.25) is 0 Å². The van der Waals surface area contributed by atoms with E-state index in [0.717, 1.165) is 16.5 Å². The molecular formula is C21H28N4O4S. The summed E-state index contributed by atoms with van der Waals surface area (Å²) in [6.45, 7) is 0.445. The van der Waals surface area contributed by atoms with Crippen LogP contribution in [-0.4, -0.2) is 69.5 Å². The molecule has 0 saturated carbocycles. The Morgan fingerprint density at radius 2 is 2.13 bits per heavy atom. The van der Waals surface area contributed by atoms with E-state index < -0.39 is 30.0 Å². The molecule has 0 aliphatic carbocycles. The van der Waals surface area contributed by atoms with Crippen LogP contribution in [-0.2, 0) is 20.8 Å². The van der Waals surface area contributed by atoms with Gasteiger partial charge < -0.3 is 26.0 Å². The van der Waals surface area contributed by atoms with Gasteiger partial charge in [0.2, 0.25) is 11.8 Å².